The van der Waals surface area contributed by atoms with E-state index in [-0.39, 0.29) is 16.5 Å². The van der Waals surface area contributed by atoms with Gasteiger partial charge >= 0.3 is 5.97 Å². The zero-order chi connectivity index (χ0) is 21.1. The average Bonchev–Trinajstić information content (AvgIpc) is 3.02. The van der Waals surface area contributed by atoms with Crippen molar-refractivity contribution in [2.24, 2.45) is 0 Å². The molecule has 0 aliphatic carbocycles. The van der Waals surface area contributed by atoms with E-state index in [9.17, 15) is 19.2 Å². The van der Waals surface area contributed by atoms with Crippen LogP contribution in [0.25, 0.3) is 10.8 Å². The minimum absolute atomic E-state index is 0.0540. The van der Waals surface area contributed by atoms with Gasteiger partial charge in [0.2, 0.25) is 6.29 Å². The van der Waals surface area contributed by atoms with Crippen LogP contribution in [0.2, 0.25) is 0 Å². The summed E-state index contributed by atoms with van der Waals surface area (Å²) in [4.78, 5) is 54.9. The molecule has 150 valence electrons. The van der Waals surface area contributed by atoms with E-state index < -0.39 is 34.9 Å². The third-order valence-electron chi connectivity index (χ3n) is 4.65. The molecule has 1 atom stereocenters. The minimum Gasteiger partial charge on any atom is -0.457 e. The van der Waals surface area contributed by atoms with Crippen LogP contribution < -0.4 is 11.1 Å². The maximum atomic E-state index is 13.2. The Morgan fingerprint density at radius 2 is 1.66 bits per heavy atom. The van der Waals surface area contributed by atoms with Crippen molar-refractivity contribution in [3.8, 4) is 0 Å². The van der Waals surface area contributed by atoms with Crippen LogP contribution in [0, 0.1) is 0 Å². The Hall–Kier alpha value is -3.62. The first kappa shape index (κ1) is 18.7. The predicted molar refractivity (Wildman–Crippen MR) is 105 cm³/mol. The fourth-order valence-corrected chi connectivity index (χ4v) is 3.50. The standard InChI is InChI=1S/C20H20N4O5/c1-20(2,3)29-15(25)11-14-18(28)23-16(26)12-7-5-6-8-13(12)17(27)24(23)19-21(4)9-10-22(14)19/h5-11,19H,1-4H3/b14-11-. The monoisotopic (exact) mass is 396 g/mol. The summed E-state index contributed by atoms with van der Waals surface area (Å²) in [6, 6.07) is 6.34. The lowest BCUT2D eigenvalue weighted by atomic mass is 10.2. The van der Waals surface area contributed by atoms with Crippen molar-refractivity contribution >= 4 is 22.6 Å². The van der Waals surface area contributed by atoms with Crippen molar-refractivity contribution in [3.63, 3.8) is 0 Å². The molecule has 9 nitrogen and oxygen atoms in total. The second kappa shape index (κ2) is 6.20. The van der Waals surface area contributed by atoms with Gasteiger partial charge in [-0.25, -0.2) is 4.79 Å². The molecule has 0 saturated carbocycles. The van der Waals surface area contributed by atoms with E-state index in [0.29, 0.717) is 0 Å². The Bertz CT molecular complexity index is 1230. The van der Waals surface area contributed by atoms with E-state index in [1.165, 1.54) is 11.0 Å². The first-order chi connectivity index (χ1) is 13.6. The highest BCUT2D eigenvalue weighted by Crippen LogP contribution is 2.31. The number of rotatable bonds is 1. The summed E-state index contributed by atoms with van der Waals surface area (Å²) in [6.07, 6.45) is 3.49. The second-order valence-corrected chi connectivity index (χ2v) is 7.90. The van der Waals surface area contributed by atoms with Crippen LogP contribution in [0.1, 0.15) is 31.9 Å². The van der Waals surface area contributed by atoms with E-state index >= 15 is 0 Å². The van der Waals surface area contributed by atoms with E-state index in [2.05, 4.69) is 0 Å². The van der Waals surface area contributed by atoms with E-state index in [4.69, 9.17) is 4.74 Å². The SMILES string of the molecule is CN1C=CN2/C(=C\C(=O)OC(C)(C)C)C(=O)n3c(=O)c4ccccc4c(=O)n3C12. The molecule has 0 N–H and O–H groups in total. The number of ether oxygens (including phenoxy) is 1. The van der Waals surface area contributed by atoms with Gasteiger partial charge in [-0.05, 0) is 32.9 Å². The van der Waals surface area contributed by atoms with Gasteiger partial charge in [-0.2, -0.15) is 9.36 Å². The molecule has 0 radical (unpaired) electrons. The minimum atomic E-state index is -0.800. The number of carbonyl (C=O) groups is 2. The fourth-order valence-electron chi connectivity index (χ4n) is 3.50. The third-order valence-corrected chi connectivity index (χ3v) is 4.65. The topological polar surface area (TPSA) is 93.8 Å². The Morgan fingerprint density at radius 3 is 2.28 bits per heavy atom. The van der Waals surface area contributed by atoms with Crippen LogP contribution in [0.4, 0.5) is 0 Å². The Kier molecular flexibility index (Phi) is 4.00. The van der Waals surface area contributed by atoms with Gasteiger partial charge in [0.15, 0.2) is 0 Å². The van der Waals surface area contributed by atoms with Gasteiger partial charge in [0.05, 0.1) is 16.8 Å². The number of carbonyl (C=O) groups excluding carboxylic acids is 2. The van der Waals surface area contributed by atoms with Gasteiger partial charge in [0, 0.05) is 19.4 Å². The van der Waals surface area contributed by atoms with Crippen molar-refractivity contribution < 1.29 is 14.3 Å². The number of fused-ring (bicyclic) bond motifs is 4. The first-order valence-electron chi connectivity index (χ1n) is 9.05. The molecule has 29 heavy (non-hydrogen) atoms. The van der Waals surface area contributed by atoms with Crippen molar-refractivity contribution in [1.29, 1.82) is 0 Å². The van der Waals surface area contributed by atoms with Crippen LogP contribution in [-0.2, 0) is 9.53 Å². The molecule has 0 fully saturated rings. The molecule has 0 amide bonds. The molecule has 9 heteroatoms. The molecule has 0 bridgehead atoms. The highest BCUT2D eigenvalue weighted by Gasteiger charge is 2.41. The average molecular weight is 396 g/mol. The zero-order valence-electron chi connectivity index (χ0n) is 16.4. The number of hydrogen-bond donors (Lipinski definition) is 0. The molecule has 2 aromatic rings. The van der Waals surface area contributed by atoms with Crippen LogP contribution in [0.5, 0.6) is 0 Å². The number of esters is 1. The molecule has 3 heterocycles. The van der Waals surface area contributed by atoms with Crippen molar-refractivity contribution in [1.82, 2.24) is 19.2 Å². The van der Waals surface area contributed by atoms with Crippen molar-refractivity contribution in [2.45, 2.75) is 32.7 Å². The first-order valence-corrected chi connectivity index (χ1v) is 9.05. The van der Waals surface area contributed by atoms with E-state index in [1.807, 2.05) is 0 Å². The van der Waals surface area contributed by atoms with Gasteiger partial charge in [-0.3, -0.25) is 14.4 Å². The summed E-state index contributed by atoms with van der Waals surface area (Å²) < 4.78 is 7.20. The van der Waals surface area contributed by atoms with Crippen molar-refractivity contribution in [3.05, 3.63) is 69.1 Å². The van der Waals surface area contributed by atoms with Gasteiger partial charge < -0.3 is 14.5 Å². The summed E-state index contributed by atoms with van der Waals surface area (Å²) >= 11 is 0. The molecule has 1 unspecified atom stereocenters. The quantitative estimate of drug-likeness (QED) is 0.528. The van der Waals surface area contributed by atoms with Crippen LogP contribution in [-0.4, -0.2) is 43.7 Å². The summed E-state index contributed by atoms with van der Waals surface area (Å²) in [5.41, 5.74) is -1.90. The Morgan fingerprint density at radius 1 is 1.03 bits per heavy atom. The molecule has 0 saturated heterocycles. The summed E-state index contributed by atoms with van der Waals surface area (Å²) in [7, 11) is 1.71. The smallest absolute Gasteiger partial charge is 0.333 e. The maximum absolute atomic E-state index is 13.2. The Balaban J connectivity index is 1.98. The predicted octanol–water partition coefficient (Wildman–Crippen LogP) is 1.22. The van der Waals surface area contributed by atoms with Crippen LogP contribution in [0.15, 0.2) is 58.0 Å². The number of aromatic nitrogens is 2. The number of nitrogens with zero attached hydrogens (tertiary/aromatic N) is 4. The lowest BCUT2D eigenvalue weighted by molar-refractivity contribution is -0.148. The third kappa shape index (κ3) is 2.86. The maximum Gasteiger partial charge on any atom is 0.333 e. The summed E-state index contributed by atoms with van der Waals surface area (Å²) in [5.74, 6) is -1.49. The highest BCUT2D eigenvalue weighted by atomic mass is 16.6. The molecule has 1 aromatic heterocycles. The lowest BCUT2D eigenvalue weighted by Gasteiger charge is -2.38. The molecule has 2 aliphatic rings. The molecule has 2 aliphatic heterocycles. The number of hydrogen-bond acceptors (Lipinski definition) is 7. The van der Waals surface area contributed by atoms with Gasteiger partial charge in [-0.1, -0.05) is 12.1 Å². The normalized spacial score (nSPS) is 19.7. The molecular weight excluding hydrogens is 376 g/mol. The number of allylic oxidation sites excluding steroid dienone is 1. The second-order valence-electron chi connectivity index (χ2n) is 7.90. The van der Waals surface area contributed by atoms with Crippen LogP contribution >= 0.6 is 0 Å². The largest absolute Gasteiger partial charge is 0.457 e. The summed E-state index contributed by atoms with van der Waals surface area (Å²) in [6.45, 7) is 5.14. The van der Waals surface area contributed by atoms with Gasteiger partial charge in [0.1, 0.15) is 11.3 Å². The van der Waals surface area contributed by atoms with E-state index in [0.717, 1.165) is 15.4 Å². The molecule has 4 rings (SSSR count). The van der Waals surface area contributed by atoms with Gasteiger partial charge in [-0.15, -0.1) is 0 Å². The lowest BCUT2D eigenvalue weighted by Crippen LogP contribution is -2.55. The summed E-state index contributed by atoms with van der Waals surface area (Å²) in [5, 5.41) is 0.363. The zero-order valence-corrected chi connectivity index (χ0v) is 16.4. The van der Waals surface area contributed by atoms with E-state index in [1.54, 1.807) is 63.3 Å². The van der Waals surface area contributed by atoms with Crippen LogP contribution in [0.3, 0.4) is 0 Å². The molecular formula is C20H20N4O5. The number of benzene rings is 1. The Labute approximate surface area is 165 Å². The van der Waals surface area contributed by atoms with Crippen molar-refractivity contribution in [2.75, 3.05) is 7.05 Å². The fraction of sp³-hybridized carbons (Fsp3) is 0.300. The van der Waals surface area contributed by atoms with Gasteiger partial charge in [0.25, 0.3) is 17.0 Å². The highest BCUT2D eigenvalue weighted by molar-refractivity contribution is 6.01. The molecule has 1 aromatic carbocycles. The molecule has 0 spiro atoms.